The smallest absolute Gasteiger partial charge is 0.487 e. The second-order valence-corrected chi connectivity index (χ2v) is 3.99. The normalized spacial score (nSPS) is 10.2. The van der Waals surface area contributed by atoms with Crippen LogP contribution < -0.4 is 10.2 Å². The van der Waals surface area contributed by atoms with Gasteiger partial charge < -0.3 is 14.8 Å². The Bertz CT molecular complexity index is 534. The summed E-state index contributed by atoms with van der Waals surface area (Å²) in [6, 6.07) is 3.52. The molecule has 5 nitrogen and oxygen atoms in total. The van der Waals surface area contributed by atoms with Crippen molar-refractivity contribution in [3.05, 3.63) is 48.0 Å². The van der Waals surface area contributed by atoms with Crippen LogP contribution >= 0.6 is 0 Å². The molecule has 18 heavy (non-hydrogen) atoms. The molecule has 0 saturated carbocycles. The fraction of sp³-hybridized carbons (Fsp3) is 0.167. The maximum Gasteiger partial charge on any atom is 0.490 e. The summed E-state index contributed by atoms with van der Waals surface area (Å²) in [5.74, 6) is 0.488. The van der Waals surface area contributed by atoms with Crippen molar-refractivity contribution in [3.63, 3.8) is 0 Å². The predicted molar refractivity (Wildman–Crippen MR) is 67.4 cm³/mol. The number of aromatic nitrogens is 2. The zero-order valence-electron chi connectivity index (χ0n) is 9.95. The lowest BCUT2D eigenvalue weighted by Gasteiger charge is -2.07. The highest BCUT2D eigenvalue weighted by Gasteiger charge is 2.11. The van der Waals surface area contributed by atoms with E-state index in [0.717, 1.165) is 11.1 Å². The zero-order valence-corrected chi connectivity index (χ0v) is 9.95. The molecule has 0 unspecified atom stereocenters. The molecule has 92 valence electrons. The lowest BCUT2D eigenvalue weighted by molar-refractivity contribution is 0.304. The quantitative estimate of drug-likeness (QED) is 0.743. The predicted octanol–water partition coefficient (Wildman–Crippen LogP) is 0.0438. The van der Waals surface area contributed by atoms with Gasteiger partial charge in [0.1, 0.15) is 12.4 Å². The molecule has 0 aliphatic rings. The SMILES string of the molecule is Cc1cncc(COc2cncc(B(O)O)c2)c1. The molecule has 0 aliphatic heterocycles. The summed E-state index contributed by atoms with van der Waals surface area (Å²) in [6.45, 7) is 2.32. The minimum Gasteiger partial charge on any atom is -0.487 e. The molecular formula is C12H13BN2O3. The molecule has 2 N–H and O–H groups in total. The van der Waals surface area contributed by atoms with Crippen molar-refractivity contribution >= 4 is 12.6 Å². The molecule has 0 atom stereocenters. The van der Waals surface area contributed by atoms with Gasteiger partial charge in [0.2, 0.25) is 0 Å². The standard InChI is InChI=1S/C12H13BN2O3/c1-9-2-10(5-14-4-9)8-18-12-3-11(13(16)17)6-15-7-12/h2-7,16-17H,8H2,1H3. The molecule has 2 rings (SSSR count). The van der Waals surface area contributed by atoms with Crippen molar-refractivity contribution in [2.24, 2.45) is 0 Å². The van der Waals surface area contributed by atoms with E-state index in [2.05, 4.69) is 9.97 Å². The highest BCUT2D eigenvalue weighted by atomic mass is 16.5. The molecule has 0 aliphatic carbocycles. The van der Waals surface area contributed by atoms with E-state index < -0.39 is 7.12 Å². The number of hydrogen-bond acceptors (Lipinski definition) is 5. The number of nitrogens with zero attached hydrogens (tertiary/aromatic N) is 2. The summed E-state index contributed by atoms with van der Waals surface area (Å²) in [5.41, 5.74) is 2.31. The fourth-order valence-corrected chi connectivity index (χ4v) is 1.52. The molecule has 0 amide bonds. The van der Waals surface area contributed by atoms with Crippen LogP contribution in [0.3, 0.4) is 0 Å². The monoisotopic (exact) mass is 244 g/mol. The highest BCUT2D eigenvalue weighted by molar-refractivity contribution is 6.58. The number of aryl methyl sites for hydroxylation is 1. The maximum atomic E-state index is 9.02. The van der Waals surface area contributed by atoms with Crippen molar-refractivity contribution in [3.8, 4) is 5.75 Å². The highest BCUT2D eigenvalue weighted by Crippen LogP contribution is 2.09. The third kappa shape index (κ3) is 3.29. The molecule has 0 aromatic carbocycles. The minimum absolute atomic E-state index is 0.301. The third-order valence-corrected chi connectivity index (χ3v) is 2.37. The van der Waals surface area contributed by atoms with E-state index in [1.54, 1.807) is 18.5 Å². The number of rotatable bonds is 4. The Balaban J connectivity index is 2.04. The Hall–Kier alpha value is -1.92. The first-order valence-electron chi connectivity index (χ1n) is 5.49. The molecule has 0 fully saturated rings. The van der Waals surface area contributed by atoms with Crippen molar-refractivity contribution in [2.75, 3.05) is 0 Å². The molecule has 6 heteroatoms. The molecule has 0 bridgehead atoms. The molecular weight excluding hydrogens is 231 g/mol. The Morgan fingerprint density at radius 2 is 1.89 bits per heavy atom. The minimum atomic E-state index is -1.54. The van der Waals surface area contributed by atoms with E-state index in [9.17, 15) is 0 Å². The summed E-state index contributed by atoms with van der Waals surface area (Å²) >= 11 is 0. The summed E-state index contributed by atoms with van der Waals surface area (Å²) in [4.78, 5) is 7.94. The molecule has 0 radical (unpaired) electrons. The van der Waals surface area contributed by atoms with Crippen LogP contribution in [0.1, 0.15) is 11.1 Å². The van der Waals surface area contributed by atoms with Gasteiger partial charge in [0.25, 0.3) is 0 Å². The second kappa shape index (κ2) is 5.62. The van der Waals surface area contributed by atoms with Crippen LogP contribution in [-0.2, 0) is 6.61 Å². The van der Waals surface area contributed by atoms with Crippen LogP contribution in [0.4, 0.5) is 0 Å². The van der Waals surface area contributed by atoms with Gasteiger partial charge >= 0.3 is 7.12 Å². The van der Waals surface area contributed by atoms with Crippen molar-refractivity contribution < 1.29 is 14.8 Å². The number of ether oxygens (including phenoxy) is 1. The van der Waals surface area contributed by atoms with E-state index in [1.165, 1.54) is 12.4 Å². The first-order valence-corrected chi connectivity index (χ1v) is 5.49. The van der Waals surface area contributed by atoms with Crippen LogP contribution in [0.15, 0.2) is 36.9 Å². The van der Waals surface area contributed by atoms with Crippen molar-refractivity contribution in [2.45, 2.75) is 13.5 Å². The molecule has 2 aromatic rings. The Morgan fingerprint density at radius 1 is 1.11 bits per heavy atom. The van der Waals surface area contributed by atoms with Gasteiger partial charge in [0, 0.05) is 29.6 Å². The van der Waals surface area contributed by atoms with Gasteiger partial charge in [0.05, 0.1) is 6.20 Å². The van der Waals surface area contributed by atoms with Gasteiger partial charge in [-0.1, -0.05) is 0 Å². The largest absolute Gasteiger partial charge is 0.490 e. The summed E-state index contributed by atoms with van der Waals surface area (Å²) in [7, 11) is -1.54. The summed E-state index contributed by atoms with van der Waals surface area (Å²) < 4.78 is 5.51. The van der Waals surface area contributed by atoms with Gasteiger partial charge in [-0.25, -0.2) is 0 Å². The van der Waals surface area contributed by atoms with E-state index in [4.69, 9.17) is 14.8 Å². The van der Waals surface area contributed by atoms with E-state index in [-0.39, 0.29) is 0 Å². The van der Waals surface area contributed by atoms with E-state index >= 15 is 0 Å². The maximum absolute atomic E-state index is 9.02. The number of pyridine rings is 2. The van der Waals surface area contributed by atoms with E-state index in [1.807, 2.05) is 13.0 Å². The first kappa shape index (κ1) is 12.5. The average Bonchev–Trinajstić information content (AvgIpc) is 2.37. The Labute approximate surface area is 105 Å². The average molecular weight is 244 g/mol. The fourth-order valence-electron chi connectivity index (χ4n) is 1.52. The summed E-state index contributed by atoms with van der Waals surface area (Å²) in [6.07, 6.45) is 6.40. The van der Waals surface area contributed by atoms with Gasteiger partial charge in [-0.3, -0.25) is 9.97 Å². The third-order valence-electron chi connectivity index (χ3n) is 2.37. The van der Waals surface area contributed by atoms with Crippen molar-refractivity contribution in [1.29, 1.82) is 0 Å². The van der Waals surface area contributed by atoms with Crippen LogP contribution in [0.25, 0.3) is 0 Å². The van der Waals surface area contributed by atoms with Crippen LogP contribution in [-0.4, -0.2) is 27.1 Å². The first-order chi connectivity index (χ1) is 8.65. The van der Waals surface area contributed by atoms with Crippen LogP contribution in [0, 0.1) is 6.92 Å². The van der Waals surface area contributed by atoms with E-state index in [0.29, 0.717) is 17.8 Å². The van der Waals surface area contributed by atoms with Crippen molar-refractivity contribution in [1.82, 2.24) is 9.97 Å². The van der Waals surface area contributed by atoms with Gasteiger partial charge in [0.15, 0.2) is 0 Å². The molecule has 2 heterocycles. The van der Waals surface area contributed by atoms with Gasteiger partial charge in [-0.15, -0.1) is 0 Å². The lowest BCUT2D eigenvalue weighted by Crippen LogP contribution is -2.30. The molecule has 2 aromatic heterocycles. The van der Waals surface area contributed by atoms with Gasteiger partial charge in [-0.2, -0.15) is 0 Å². The lowest BCUT2D eigenvalue weighted by atomic mass is 9.82. The molecule has 0 spiro atoms. The van der Waals surface area contributed by atoms with Crippen LogP contribution in [0.2, 0.25) is 0 Å². The number of hydrogen-bond donors (Lipinski definition) is 2. The Morgan fingerprint density at radius 3 is 2.61 bits per heavy atom. The Kier molecular flexibility index (Phi) is 3.91. The summed E-state index contributed by atoms with van der Waals surface area (Å²) in [5, 5.41) is 18.0. The van der Waals surface area contributed by atoms with Gasteiger partial charge in [-0.05, 0) is 24.6 Å². The molecule has 0 saturated heterocycles. The topological polar surface area (TPSA) is 75.5 Å². The zero-order chi connectivity index (χ0) is 13.0. The second-order valence-electron chi connectivity index (χ2n) is 3.99. The van der Waals surface area contributed by atoms with Crippen LogP contribution in [0.5, 0.6) is 5.75 Å².